The molecule has 0 aromatic heterocycles. The molecule has 90 valence electrons. The van der Waals surface area contributed by atoms with Crippen LogP contribution in [0.2, 0.25) is 0 Å². The average molecular weight is 242 g/mol. The maximum atomic E-state index is 13.4. The van der Waals surface area contributed by atoms with Crippen LogP contribution in [0.4, 0.5) is 10.1 Å². The van der Waals surface area contributed by atoms with E-state index in [1.807, 2.05) is 6.07 Å². The second-order valence-corrected chi connectivity index (χ2v) is 3.88. The van der Waals surface area contributed by atoms with Crippen molar-refractivity contribution in [3.63, 3.8) is 0 Å². The van der Waals surface area contributed by atoms with Gasteiger partial charge in [0.2, 0.25) is 0 Å². The third-order valence-electron chi connectivity index (χ3n) is 2.50. The number of nitriles is 1. The van der Waals surface area contributed by atoms with E-state index in [-0.39, 0.29) is 5.82 Å². The Morgan fingerprint density at radius 1 is 1.22 bits per heavy atom. The molecule has 0 radical (unpaired) electrons. The van der Waals surface area contributed by atoms with Crippen molar-refractivity contribution >= 4 is 5.69 Å². The van der Waals surface area contributed by atoms with Crippen LogP contribution >= 0.6 is 0 Å². The van der Waals surface area contributed by atoms with Crippen LogP contribution in [0.1, 0.15) is 11.1 Å². The quantitative estimate of drug-likeness (QED) is 0.821. The molecule has 0 saturated heterocycles. The fourth-order valence-corrected chi connectivity index (χ4v) is 1.49. The number of ether oxygens (including phenoxy) is 1. The lowest BCUT2D eigenvalue weighted by molar-refractivity contribution is 0.474. The van der Waals surface area contributed by atoms with Gasteiger partial charge < -0.3 is 10.5 Å². The standard InChI is InChI=1S/C14H11FN2O/c1-9-2-4-12(7-13(9)15)18-14-5-3-11(17)6-10(14)8-16/h2-7H,17H2,1H3. The maximum absolute atomic E-state index is 13.4. The Kier molecular flexibility index (Phi) is 3.16. The third kappa shape index (κ3) is 2.41. The number of anilines is 1. The van der Waals surface area contributed by atoms with Gasteiger partial charge in [0.05, 0.1) is 5.56 Å². The molecule has 0 amide bonds. The second-order valence-electron chi connectivity index (χ2n) is 3.88. The third-order valence-corrected chi connectivity index (χ3v) is 2.50. The van der Waals surface area contributed by atoms with Crippen molar-refractivity contribution in [2.75, 3.05) is 5.73 Å². The summed E-state index contributed by atoms with van der Waals surface area (Å²) in [6.07, 6.45) is 0. The van der Waals surface area contributed by atoms with Gasteiger partial charge in [-0.3, -0.25) is 0 Å². The van der Waals surface area contributed by atoms with E-state index in [9.17, 15) is 4.39 Å². The summed E-state index contributed by atoms with van der Waals surface area (Å²) in [6.45, 7) is 1.67. The number of nitrogen functional groups attached to an aromatic ring is 1. The van der Waals surface area contributed by atoms with Gasteiger partial charge in [0, 0.05) is 11.8 Å². The predicted octanol–water partition coefficient (Wildman–Crippen LogP) is 3.38. The summed E-state index contributed by atoms with van der Waals surface area (Å²) in [5, 5.41) is 8.96. The van der Waals surface area contributed by atoms with Crippen molar-refractivity contribution in [2.45, 2.75) is 6.92 Å². The van der Waals surface area contributed by atoms with Crippen LogP contribution in [0, 0.1) is 24.1 Å². The molecule has 3 nitrogen and oxygen atoms in total. The lowest BCUT2D eigenvalue weighted by atomic mass is 10.2. The first-order chi connectivity index (χ1) is 8.60. The number of aryl methyl sites for hydroxylation is 1. The predicted molar refractivity (Wildman–Crippen MR) is 66.8 cm³/mol. The highest BCUT2D eigenvalue weighted by molar-refractivity contribution is 5.54. The molecule has 0 aliphatic rings. The van der Waals surface area contributed by atoms with Gasteiger partial charge in [-0.15, -0.1) is 0 Å². The molecule has 0 unspecified atom stereocenters. The number of halogens is 1. The molecule has 0 fully saturated rings. The highest BCUT2D eigenvalue weighted by Gasteiger charge is 2.06. The molecule has 0 aliphatic heterocycles. The first-order valence-corrected chi connectivity index (χ1v) is 5.34. The van der Waals surface area contributed by atoms with Gasteiger partial charge in [0.15, 0.2) is 0 Å². The molecular weight excluding hydrogens is 231 g/mol. The molecule has 18 heavy (non-hydrogen) atoms. The monoisotopic (exact) mass is 242 g/mol. The van der Waals surface area contributed by atoms with Crippen LogP contribution in [-0.2, 0) is 0 Å². The van der Waals surface area contributed by atoms with Gasteiger partial charge in [-0.1, -0.05) is 6.07 Å². The van der Waals surface area contributed by atoms with Crippen molar-refractivity contribution in [1.82, 2.24) is 0 Å². The minimum Gasteiger partial charge on any atom is -0.456 e. The zero-order valence-corrected chi connectivity index (χ0v) is 9.77. The SMILES string of the molecule is Cc1ccc(Oc2ccc(N)cc2C#N)cc1F. The van der Waals surface area contributed by atoms with Crippen molar-refractivity contribution < 1.29 is 9.13 Å². The normalized spacial score (nSPS) is 9.83. The molecule has 0 saturated carbocycles. The molecular formula is C14H11FN2O. The number of nitrogens with zero attached hydrogens (tertiary/aromatic N) is 1. The smallest absolute Gasteiger partial charge is 0.145 e. The highest BCUT2D eigenvalue weighted by Crippen LogP contribution is 2.27. The number of rotatable bonds is 2. The lowest BCUT2D eigenvalue weighted by Gasteiger charge is -2.08. The Bertz CT molecular complexity index is 632. The maximum Gasteiger partial charge on any atom is 0.145 e. The van der Waals surface area contributed by atoms with Gasteiger partial charge in [0.25, 0.3) is 0 Å². The van der Waals surface area contributed by atoms with Crippen molar-refractivity contribution in [2.24, 2.45) is 0 Å². The fourth-order valence-electron chi connectivity index (χ4n) is 1.49. The van der Waals surface area contributed by atoms with Crippen molar-refractivity contribution in [1.29, 1.82) is 5.26 Å². The van der Waals surface area contributed by atoms with E-state index < -0.39 is 0 Å². The summed E-state index contributed by atoms with van der Waals surface area (Å²) in [5.41, 5.74) is 6.91. The Hall–Kier alpha value is -2.54. The fraction of sp³-hybridized carbons (Fsp3) is 0.0714. The van der Waals surface area contributed by atoms with Crippen LogP contribution < -0.4 is 10.5 Å². The molecule has 2 rings (SSSR count). The average Bonchev–Trinajstić information content (AvgIpc) is 2.36. The largest absolute Gasteiger partial charge is 0.456 e. The van der Waals surface area contributed by atoms with E-state index in [1.54, 1.807) is 31.2 Å². The van der Waals surface area contributed by atoms with Gasteiger partial charge in [0.1, 0.15) is 23.4 Å². The molecule has 0 atom stereocenters. The van der Waals surface area contributed by atoms with E-state index in [0.717, 1.165) is 0 Å². The first kappa shape index (κ1) is 11.9. The minimum atomic E-state index is -0.346. The van der Waals surface area contributed by atoms with Gasteiger partial charge in [-0.25, -0.2) is 4.39 Å². The summed E-state index contributed by atoms with van der Waals surface area (Å²) < 4.78 is 18.8. The van der Waals surface area contributed by atoms with E-state index in [4.69, 9.17) is 15.7 Å². The lowest BCUT2D eigenvalue weighted by Crippen LogP contribution is -1.92. The molecule has 4 heteroatoms. The Labute approximate surface area is 104 Å². The van der Waals surface area contributed by atoms with Crippen LogP contribution in [-0.4, -0.2) is 0 Å². The Balaban J connectivity index is 2.34. The highest BCUT2D eigenvalue weighted by atomic mass is 19.1. The summed E-state index contributed by atoms with van der Waals surface area (Å²) in [7, 11) is 0. The molecule has 0 heterocycles. The van der Waals surface area contributed by atoms with E-state index >= 15 is 0 Å². The summed E-state index contributed by atoms with van der Waals surface area (Å²) in [6, 6.07) is 11.3. The zero-order valence-electron chi connectivity index (χ0n) is 9.77. The molecule has 0 bridgehead atoms. The number of hydrogen-bond acceptors (Lipinski definition) is 3. The molecule has 2 aromatic carbocycles. The number of nitrogens with two attached hydrogens (primary N) is 1. The molecule has 0 spiro atoms. The van der Waals surface area contributed by atoms with E-state index in [0.29, 0.717) is 28.3 Å². The van der Waals surface area contributed by atoms with Crippen LogP contribution in [0.15, 0.2) is 36.4 Å². The van der Waals surface area contributed by atoms with Gasteiger partial charge >= 0.3 is 0 Å². The summed E-state index contributed by atoms with van der Waals surface area (Å²) >= 11 is 0. The van der Waals surface area contributed by atoms with Gasteiger partial charge in [-0.2, -0.15) is 5.26 Å². The molecule has 2 N–H and O–H groups in total. The van der Waals surface area contributed by atoms with E-state index in [1.165, 1.54) is 12.1 Å². The number of benzene rings is 2. The molecule has 0 aliphatic carbocycles. The van der Waals surface area contributed by atoms with Crippen LogP contribution in [0.3, 0.4) is 0 Å². The van der Waals surface area contributed by atoms with Crippen molar-refractivity contribution in [3.8, 4) is 17.6 Å². The van der Waals surface area contributed by atoms with Crippen LogP contribution in [0.5, 0.6) is 11.5 Å². The Morgan fingerprint density at radius 2 is 2.00 bits per heavy atom. The molecule has 2 aromatic rings. The number of hydrogen-bond donors (Lipinski definition) is 1. The van der Waals surface area contributed by atoms with E-state index in [2.05, 4.69) is 0 Å². The van der Waals surface area contributed by atoms with Gasteiger partial charge in [-0.05, 0) is 36.8 Å². The van der Waals surface area contributed by atoms with Crippen LogP contribution in [0.25, 0.3) is 0 Å². The first-order valence-electron chi connectivity index (χ1n) is 5.34. The summed E-state index contributed by atoms with van der Waals surface area (Å²) in [5.74, 6) is 0.357. The topological polar surface area (TPSA) is 59.0 Å². The Morgan fingerprint density at radius 3 is 2.67 bits per heavy atom. The van der Waals surface area contributed by atoms with Crippen molar-refractivity contribution in [3.05, 3.63) is 53.3 Å². The zero-order chi connectivity index (χ0) is 13.1. The summed E-state index contributed by atoms with van der Waals surface area (Å²) in [4.78, 5) is 0. The second kappa shape index (κ2) is 4.76. The minimum absolute atomic E-state index is 0.316.